The predicted octanol–water partition coefficient (Wildman–Crippen LogP) is -1.03. The molecular formula is C21H20O10. The summed E-state index contributed by atoms with van der Waals surface area (Å²) in [6, 6.07) is 8.71. The Morgan fingerprint density at radius 2 is 1.48 bits per heavy atom. The third kappa shape index (κ3) is 3.30. The van der Waals surface area contributed by atoms with Crippen LogP contribution in [-0.4, -0.2) is 81.2 Å². The number of benzene rings is 2. The van der Waals surface area contributed by atoms with Crippen LogP contribution in [0.1, 0.15) is 31.8 Å². The van der Waals surface area contributed by atoms with Crippen molar-refractivity contribution in [1.82, 2.24) is 0 Å². The highest BCUT2D eigenvalue weighted by Gasteiger charge is 2.55. The Morgan fingerprint density at radius 1 is 0.935 bits per heavy atom. The van der Waals surface area contributed by atoms with Crippen LogP contribution in [0.4, 0.5) is 0 Å². The van der Waals surface area contributed by atoms with Gasteiger partial charge in [-0.05, 0) is 12.1 Å². The molecule has 0 amide bonds. The summed E-state index contributed by atoms with van der Waals surface area (Å²) in [6.07, 6.45) is -7.20. The number of ether oxygens (including phenoxy) is 3. The Balaban J connectivity index is 1.77. The van der Waals surface area contributed by atoms with Crippen molar-refractivity contribution in [2.24, 2.45) is 0 Å². The molecule has 5 N–H and O–H groups in total. The van der Waals surface area contributed by atoms with Gasteiger partial charge in [0.05, 0.1) is 13.7 Å². The molecule has 4 rings (SSSR count). The predicted molar refractivity (Wildman–Crippen MR) is 102 cm³/mol. The molecule has 0 radical (unpaired) electrons. The molecule has 0 saturated carbocycles. The lowest BCUT2D eigenvalue weighted by atomic mass is 9.84. The van der Waals surface area contributed by atoms with E-state index in [9.17, 15) is 35.1 Å². The number of aliphatic hydroxyl groups is 5. The summed E-state index contributed by atoms with van der Waals surface area (Å²) in [5.74, 6) is -4.10. The number of aliphatic hydroxyl groups excluding tert-OH is 4. The molecule has 1 aliphatic heterocycles. The second-order valence-corrected chi connectivity index (χ2v) is 7.25. The van der Waals surface area contributed by atoms with Gasteiger partial charge >= 0.3 is 5.97 Å². The Kier molecular flexibility index (Phi) is 5.30. The minimum absolute atomic E-state index is 0.0207. The van der Waals surface area contributed by atoms with E-state index in [0.29, 0.717) is 0 Å². The molecule has 10 heteroatoms. The van der Waals surface area contributed by atoms with Crippen molar-refractivity contribution < 1.29 is 49.3 Å². The van der Waals surface area contributed by atoms with Gasteiger partial charge in [0.1, 0.15) is 18.3 Å². The van der Waals surface area contributed by atoms with E-state index in [4.69, 9.17) is 14.2 Å². The molecule has 0 unspecified atom stereocenters. The molecule has 0 aromatic heterocycles. The highest BCUT2D eigenvalue weighted by molar-refractivity contribution is 6.28. The van der Waals surface area contributed by atoms with Crippen molar-refractivity contribution in [2.45, 2.75) is 30.4 Å². The number of carbonyl (C=O) groups excluding carboxylic acids is 2. The van der Waals surface area contributed by atoms with Crippen LogP contribution in [0.5, 0.6) is 11.5 Å². The van der Waals surface area contributed by atoms with E-state index in [1.165, 1.54) is 25.3 Å². The summed E-state index contributed by atoms with van der Waals surface area (Å²) in [7, 11) is 1.26. The van der Waals surface area contributed by atoms with Crippen LogP contribution in [0.25, 0.3) is 0 Å². The van der Waals surface area contributed by atoms with Gasteiger partial charge in [-0.25, -0.2) is 0 Å². The van der Waals surface area contributed by atoms with E-state index in [1.807, 2.05) is 0 Å². The topological polar surface area (TPSA) is 163 Å². The Labute approximate surface area is 175 Å². The van der Waals surface area contributed by atoms with E-state index in [1.54, 1.807) is 12.1 Å². The summed E-state index contributed by atoms with van der Waals surface area (Å²) >= 11 is 0. The largest absolute Gasteiger partial charge is 0.493 e. The van der Waals surface area contributed by atoms with Gasteiger partial charge < -0.3 is 39.7 Å². The fourth-order valence-electron chi connectivity index (χ4n) is 3.71. The summed E-state index contributed by atoms with van der Waals surface area (Å²) in [5, 5.41) is 50.1. The summed E-state index contributed by atoms with van der Waals surface area (Å²) in [4.78, 5) is 25.8. The Morgan fingerprint density at radius 3 is 2.00 bits per heavy atom. The molecule has 10 nitrogen and oxygen atoms in total. The van der Waals surface area contributed by atoms with Gasteiger partial charge in [0, 0.05) is 22.3 Å². The average Bonchev–Trinajstić information content (AvgIpc) is 2.78. The van der Waals surface area contributed by atoms with Crippen LogP contribution in [0.3, 0.4) is 0 Å². The number of fused-ring (bicyclic) bond motifs is 2. The van der Waals surface area contributed by atoms with E-state index >= 15 is 0 Å². The first-order valence-corrected chi connectivity index (χ1v) is 9.36. The zero-order valence-corrected chi connectivity index (χ0v) is 16.3. The lowest BCUT2D eigenvalue weighted by Gasteiger charge is -2.44. The zero-order chi connectivity index (χ0) is 22.5. The second kappa shape index (κ2) is 7.68. The van der Waals surface area contributed by atoms with Crippen molar-refractivity contribution in [3.63, 3.8) is 0 Å². The highest BCUT2D eigenvalue weighted by atomic mass is 16.8. The van der Waals surface area contributed by atoms with E-state index in [-0.39, 0.29) is 33.8 Å². The fraction of sp³-hybridized carbons (Fsp3) is 0.333. The van der Waals surface area contributed by atoms with Gasteiger partial charge in [-0.1, -0.05) is 24.3 Å². The quantitative estimate of drug-likeness (QED) is 0.322. The third-order valence-corrected chi connectivity index (χ3v) is 5.39. The number of hydrogen-bond donors (Lipinski definition) is 5. The number of carbonyl (C=O) groups is 2. The van der Waals surface area contributed by atoms with Crippen LogP contribution < -0.4 is 9.47 Å². The lowest BCUT2D eigenvalue weighted by Crippen LogP contribution is -2.67. The number of ketones is 2. The van der Waals surface area contributed by atoms with Crippen LogP contribution in [-0.2, 0) is 4.74 Å². The second-order valence-electron chi connectivity index (χ2n) is 7.25. The minimum atomic E-state index is -2.90. The molecular weight excluding hydrogens is 412 g/mol. The van der Waals surface area contributed by atoms with Gasteiger partial charge in [0.25, 0.3) is 0 Å². The number of methoxy groups -OCH3 is 1. The SMILES string of the molecule is COc1cc2c(cc1O[C@@]1(O)O[C@H](CO)[C@@H](O)[C@H](O)[C@H]1O)C(=O)c1ccccc1C2=O. The normalized spacial score (nSPS) is 29.9. The maximum Gasteiger partial charge on any atom is 0.355 e. The van der Waals surface area contributed by atoms with Gasteiger partial charge in [0.15, 0.2) is 29.2 Å². The van der Waals surface area contributed by atoms with E-state index in [2.05, 4.69) is 0 Å². The number of rotatable bonds is 4. The first-order valence-electron chi connectivity index (χ1n) is 9.36. The molecule has 0 bridgehead atoms. The van der Waals surface area contributed by atoms with Crippen LogP contribution in [0.2, 0.25) is 0 Å². The summed E-state index contributed by atoms with van der Waals surface area (Å²) in [6.45, 7) is -0.790. The maximum absolute atomic E-state index is 12.9. The molecule has 1 saturated heterocycles. The van der Waals surface area contributed by atoms with Crippen molar-refractivity contribution in [2.75, 3.05) is 13.7 Å². The van der Waals surface area contributed by atoms with Gasteiger partial charge in [-0.3, -0.25) is 9.59 Å². The monoisotopic (exact) mass is 432 g/mol. The smallest absolute Gasteiger partial charge is 0.355 e. The molecule has 164 valence electrons. The van der Waals surface area contributed by atoms with Crippen LogP contribution in [0, 0.1) is 0 Å². The van der Waals surface area contributed by atoms with Gasteiger partial charge in [-0.2, -0.15) is 0 Å². The standard InChI is InChI=1S/C21H20O10/c1-29-13-6-11-12(17(24)10-5-3-2-4-9(10)16(11)23)7-14(13)30-21(28)20(27)19(26)18(25)15(8-22)31-21/h2-7,15,18-20,22,25-28H,8H2,1H3/t15-,18-,19+,20-,21-/m1/s1. The molecule has 2 aromatic carbocycles. The summed E-state index contributed by atoms with van der Waals surface area (Å²) in [5.41, 5.74) is 0.479. The molecule has 1 heterocycles. The Bertz CT molecular complexity index is 1050. The molecule has 2 aliphatic rings. The molecule has 2 aromatic rings. The van der Waals surface area contributed by atoms with Crippen molar-refractivity contribution in [3.05, 3.63) is 58.7 Å². The Hall–Kier alpha value is -2.86. The van der Waals surface area contributed by atoms with Crippen LogP contribution >= 0.6 is 0 Å². The first-order chi connectivity index (χ1) is 14.7. The summed E-state index contributed by atoms with van der Waals surface area (Å²) < 4.78 is 15.7. The van der Waals surface area contributed by atoms with Crippen molar-refractivity contribution in [3.8, 4) is 11.5 Å². The first kappa shape index (κ1) is 21.4. The van der Waals surface area contributed by atoms with Crippen molar-refractivity contribution >= 4 is 11.6 Å². The van der Waals surface area contributed by atoms with Gasteiger partial charge in [0.2, 0.25) is 0 Å². The number of hydrogen-bond acceptors (Lipinski definition) is 10. The lowest BCUT2D eigenvalue weighted by molar-refractivity contribution is -0.422. The average molecular weight is 432 g/mol. The van der Waals surface area contributed by atoms with Crippen molar-refractivity contribution in [1.29, 1.82) is 0 Å². The molecule has 1 fully saturated rings. The minimum Gasteiger partial charge on any atom is -0.493 e. The zero-order valence-electron chi connectivity index (χ0n) is 16.3. The van der Waals surface area contributed by atoms with E-state index in [0.717, 1.165) is 6.07 Å². The highest BCUT2D eigenvalue weighted by Crippen LogP contribution is 2.39. The molecule has 0 spiro atoms. The maximum atomic E-state index is 12.9. The third-order valence-electron chi connectivity index (χ3n) is 5.39. The molecule has 1 aliphatic carbocycles. The molecule has 31 heavy (non-hydrogen) atoms. The van der Waals surface area contributed by atoms with E-state index < -0.39 is 48.6 Å². The molecule has 5 atom stereocenters. The van der Waals surface area contributed by atoms with Crippen LogP contribution in [0.15, 0.2) is 36.4 Å². The fourth-order valence-corrected chi connectivity index (χ4v) is 3.71. The van der Waals surface area contributed by atoms with Gasteiger partial charge in [-0.15, -0.1) is 0 Å².